The molecule has 136 valence electrons. The fraction of sp³-hybridized carbons (Fsp3) is 0.267. The standard InChI is InChI=1S/C15H13F3N6O2/c1-2-24-13-12(21-22-24)14(26)23(8-19-13)7-11(25)20-10-5-3-9(4-6-10)15(16,17)18/h3-6,8H,2,7H2,1H3,(H,20,25). The van der Waals surface area contributed by atoms with Crippen molar-refractivity contribution in [2.24, 2.45) is 0 Å². The van der Waals surface area contributed by atoms with Gasteiger partial charge in [-0.1, -0.05) is 5.21 Å². The first-order valence-electron chi connectivity index (χ1n) is 7.55. The number of fused-ring (bicyclic) bond motifs is 1. The Hall–Kier alpha value is -3.24. The van der Waals surface area contributed by atoms with Gasteiger partial charge in [0.2, 0.25) is 5.91 Å². The molecule has 2 aromatic heterocycles. The molecule has 3 aromatic rings. The molecule has 0 unspecified atom stereocenters. The minimum Gasteiger partial charge on any atom is -0.325 e. The number of aryl methyl sites for hydroxylation is 1. The number of nitrogens with one attached hydrogen (secondary N) is 1. The van der Waals surface area contributed by atoms with Gasteiger partial charge in [-0.2, -0.15) is 13.2 Å². The van der Waals surface area contributed by atoms with E-state index in [0.29, 0.717) is 12.2 Å². The Labute approximate surface area is 144 Å². The van der Waals surface area contributed by atoms with Crippen LogP contribution in [0.5, 0.6) is 0 Å². The number of anilines is 1. The number of benzene rings is 1. The van der Waals surface area contributed by atoms with Crippen LogP contribution in [-0.2, 0) is 24.1 Å². The summed E-state index contributed by atoms with van der Waals surface area (Å²) in [6.45, 7) is 1.95. The molecule has 2 heterocycles. The molecule has 0 saturated carbocycles. The molecule has 0 bridgehead atoms. The number of amides is 1. The van der Waals surface area contributed by atoms with Gasteiger partial charge in [0, 0.05) is 12.2 Å². The summed E-state index contributed by atoms with van der Waals surface area (Å²) in [7, 11) is 0. The zero-order valence-electron chi connectivity index (χ0n) is 13.5. The lowest BCUT2D eigenvalue weighted by atomic mass is 10.2. The fourth-order valence-electron chi connectivity index (χ4n) is 2.31. The molecule has 0 spiro atoms. The number of hydrogen-bond donors (Lipinski definition) is 1. The highest BCUT2D eigenvalue weighted by molar-refractivity contribution is 5.90. The number of nitrogens with zero attached hydrogens (tertiary/aromatic N) is 5. The lowest BCUT2D eigenvalue weighted by Crippen LogP contribution is -2.28. The molecule has 0 atom stereocenters. The third-order valence-corrected chi connectivity index (χ3v) is 3.60. The third kappa shape index (κ3) is 3.41. The number of rotatable bonds is 4. The van der Waals surface area contributed by atoms with E-state index < -0.39 is 23.2 Å². The highest BCUT2D eigenvalue weighted by Gasteiger charge is 2.30. The second-order valence-electron chi connectivity index (χ2n) is 5.38. The number of hydrogen-bond acceptors (Lipinski definition) is 5. The van der Waals surface area contributed by atoms with Crippen LogP contribution in [-0.4, -0.2) is 30.5 Å². The third-order valence-electron chi connectivity index (χ3n) is 3.60. The Morgan fingerprint density at radius 1 is 1.23 bits per heavy atom. The van der Waals surface area contributed by atoms with E-state index in [9.17, 15) is 22.8 Å². The van der Waals surface area contributed by atoms with Gasteiger partial charge in [-0.15, -0.1) is 5.10 Å². The summed E-state index contributed by atoms with van der Waals surface area (Å²) in [6.07, 6.45) is -3.25. The van der Waals surface area contributed by atoms with E-state index >= 15 is 0 Å². The summed E-state index contributed by atoms with van der Waals surface area (Å²) in [5, 5.41) is 9.97. The monoisotopic (exact) mass is 366 g/mol. The van der Waals surface area contributed by atoms with Crippen molar-refractivity contribution in [3.8, 4) is 0 Å². The summed E-state index contributed by atoms with van der Waals surface area (Å²) in [5.41, 5.74) is -0.812. The van der Waals surface area contributed by atoms with Crippen LogP contribution in [0.2, 0.25) is 0 Å². The molecule has 0 radical (unpaired) electrons. The van der Waals surface area contributed by atoms with Crippen molar-refractivity contribution in [2.75, 3.05) is 5.32 Å². The number of halogens is 3. The molecule has 0 aliphatic carbocycles. The highest BCUT2D eigenvalue weighted by Crippen LogP contribution is 2.29. The zero-order valence-corrected chi connectivity index (χ0v) is 13.5. The van der Waals surface area contributed by atoms with Gasteiger partial charge in [-0.3, -0.25) is 14.2 Å². The Bertz CT molecular complexity index is 1010. The van der Waals surface area contributed by atoms with Crippen molar-refractivity contribution in [3.05, 3.63) is 46.5 Å². The predicted molar refractivity (Wildman–Crippen MR) is 85.3 cm³/mol. The lowest BCUT2D eigenvalue weighted by Gasteiger charge is -2.09. The summed E-state index contributed by atoms with van der Waals surface area (Å²) < 4.78 is 40.1. The van der Waals surface area contributed by atoms with E-state index in [0.717, 1.165) is 28.8 Å². The average molecular weight is 366 g/mol. The average Bonchev–Trinajstić information content (AvgIpc) is 3.01. The molecule has 0 aliphatic heterocycles. The van der Waals surface area contributed by atoms with Crippen molar-refractivity contribution >= 4 is 22.8 Å². The van der Waals surface area contributed by atoms with Crippen LogP contribution >= 0.6 is 0 Å². The zero-order chi connectivity index (χ0) is 18.9. The van der Waals surface area contributed by atoms with Crippen LogP contribution < -0.4 is 10.9 Å². The second kappa shape index (κ2) is 6.58. The van der Waals surface area contributed by atoms with Gasteiger partial charge in [0.05, 0.1) is 5.56 Å². The van der Waals surface area contributed by atoms with E-state index in [1.807, 2.05) is 6.92 Å². The van der Waals surface area contributed by atoms with Gasteiger partial charge in [0.25, 0.3) is 5.56 Å². The van der Waals surface area contributed by atoms with Crippen molar-refractivity contribution in [1.29, 1.82) is 0 Å². The Balaban J connectivity index is 1.75. The molecule has 26 heavy (non-hydrogen) atoms. The molecule has 3 rings (SSSR count). The first-order valence-corrected chi connectivity index (χ1v) is 7.55. The first kappa shape index (κ1) is 17.6. The molecule has 1 aromatic carbocycles. The van der Waals surface area contributed by atoms with Gasteiger partial charge in [0.1, 0.15) is 12.9 Å². The Kier molecular flexibility index (Phi) is 4.45. The van der Waals surface area contributed by atoms with Gasteiger partial charge < -0.3 is 5.32 Å². The molecule has 0 aliphatic rings. The maximum absolute atomic E-state index is 12.5. The topological polar surface area (TPSA) is 94.7 Å². The van der Waals surface area contributed by atoms with Crippen molar-refractivity contribution in [2.45, 2.75) is 26.2 Å². The van der Waals surface area contributed by atoms with E-state index in [1.165, 1.54) is 11.0 Å². The van der Waals surface area contributed by atoms with Gasteiger partial charge in [-0.05, 0) is 31.2 Å². The maximum atomic E-state index is 12.5. The number of alkyl halides is 3. The van der Waals surface area contributed by atoms with Crippen LogP contribution in [0.1, 0.15) is 12.5 Å². The number of carbonyl (C=O) groups is 1. The van der Waals surface area contributed by atoms with E-state index in [4.69, 9.17) is 0 Å². The fourth-order valence-corrected chi connectivity index (χ4v) is 2.31. The number of carbonyl (C=O) groups excluding carboxylic acids is 1. The Morgan fingerprint density at radius 3 is 2.54 bits per heavy atom. The molecule has 1 amide bonds. The molecule has 0 saturated heterocycles. The Morgan fingerprint density at radius 2 is 1.92 bits per heavy atom. The van der Waals surface area contributed by atoms with Gasteiger partial charge in [-0.25, -0.2) is 9.67 Å². The maximum Gasteiger partial charge on any atom is 0.416 e. The minimum atomic E-state index is -4.45. The molecule has 8 nitrogen and oxygen atoms in total. The lowest BCUT2D eigenvalue weighted by molar-refractivity contribution is -0.137. The van der Waals surface area contributed by atoms with Gasteiger partial charge >= 0.3 is 6.18 Å². The molecule has 11 heteroatoms. The molecule has 0 fully saturated rings. The van der Waals surface area contributed by atoms with Crippen LogP contribution in [0.25, 0.3) is 11.2 Å². The van der Waals surface area contributed by atoms with E-state index in [2.05, 4.69) is 20.6 Å². The SMILES string of the molecule is CCn1nnc2c(=O)n(CC(=O)Nc3ccc(C(F)(F)F)cc3)cnc21. The largest absolute Gasteiger partial charge is 0.416 e. The highest BCUT2D eigenvalue weighted by atomic mass is 19.4. The van der Waals surface area contributed by atoms with E-state index in [-0.39, 0.29) is 17.7 Å². The van der Waals surface area contributed by atoms with Crippen molar-refractivity contribution < 1.29 is 18.0 Å². The molecular formula is C15H13F3N6O2. The van der Waals surface area contributed by atoms with E-state index in [1.54, 1.807) is 0 Å². The van der Waals surface area contributed by atoms with Gasteiger partial charge in [0.15, 0.2) is 11.2 Å². The normalized spacial score (nSPS) is 11.7. The van der Waals surface area contributed by atoms with Crippen molar-refractivity contribution in [1.82, 2.24) is 24.5 Å². The molecule has 1 N–H and O–H groups in total. The minimum absolute atomic E-state index is 0.0386. The summed E-state index contributed by atoms with van der Waals surface area (Å²) in [4.78, 5) is 28.4. The van der Waals surface area contributed by atoms with Crippen molar-refractivity contribution in [3.63, 3.8) is 0 Å². The number of aromatic nitrogens is 5. The van der Waals surface area contributed by atoms with Crippen LogP contribution in [0.4, 0.5) is 18.9 Å². The summed E-state index contributed by atoms with van der Waals surface area (Å²) in [6, 6.07) is 3.99. The van der Waals surface area contributed by atoms with Crippen LogP contribution in [0.3, 0.4) is 0 Å². The quantitative estimate of drug-likeness (QED) is 0.758. The predicted octanol–water partition coefficient (Wildman–Crippen LogP) is 1.67. The summed E-state index contributed by atoms with van der Waals surface area (Å²) in [5.74, 6) is -0.587. The summed E-state index contributed by atoms with van der Waals surface area (Å²) >= 11 is 0. The van der Waals surface area contributed by atoms with Crippen LogP contribution in [0, 0.1) is 0 Å². The first-order chi connectivity index (χ1) is 12.3. The second-order valence-corrected chi connectivity index (χ2v) is 5.38. The smallest absolute Gasteiger partial charge is 0.325 e. The van der Waals surface area contributed by atoms with Crippen LogP contribution in [0.15, 0.2) is 35.4 Å². The molecular weight excluding hydrogens is 353 g/mol.